The maximum Gasteiger partial charge on any atom is 0.220 e. The largest absolute Gasteiger partial charge is 0.493 e. The van der Waals surface area contributed by atoms with E-state index in [4.69, 9.17) is 16.2 Å². The van der Waals surface area contributed by atoms with Crippen LogP contribution in [0.3, 0.4) is 0 Å². The molecule has 1 amide bonds. The fourth-order valence-corrected chi connectivity index (χ4v) is 1.03. The predicted molar refractivity (Wildman–Crippen MR) is 53.6 cm³/mol. The van der Waals surface area contributed by atoms with Crippen molar-refractivity contribution in [3.8, 4) is 5.75 Å². The van der Waals surface area contributed by atoms with Crippen molar-refractivity contribution >= 4 is 5.91 Å². The number of benzene rings is 1. The van der Waals surface area contributed by atoms with Gasteiger partial charge in [0.2, 0.25) is 5.91 Å². The van der Waals surface area contributed by atoms with Gasteiger partial charge >= 0.3 is 0 Å². The van der Waals surface area contributed by atoms with Gasteiger partial charge in [-0.05, 0) is 17.7 Å². The van der Waals surface area contributed by atoms with Crippen molar-refractivity contribution in [3.05, 3.63) is 29.8 Å². The Morgan fingerprint density at radius 2 is 2.21 bits per heavy atom. The molecular formula is C10H14N2O2. The Bertz CT molecular complexity index is 313. The molecule has 4 nitrogen and oxygen atoms in total. The summed E-state index contributed by atoms with van der Waals surface area (Å²) in [6.45, 7) is 0.788. The van der Waals surface area contributed by atoms with Crippen molar-refractivity contribution in [2.45, 2.75) is 13.0 Å². The summed E-state index contributed by atoms with van der Waals surface area (Å²) in [5.74, 6) is 0.356. The molecule has 0 saturated heterocycles. The van der Waals surface area contributed by atoms with Crippen LogP contribution in [0.2, 0.25) is 0 Å². The van der Waals surface area contributed by atoms with Gasteiger partial charge in [0.1, 0.15) is 5.75 Å². The van der Waals surface area contributed by atoms with Gasteiger partial charge in [-0.25, -0.2) is 0 Å². The molecule has 14 heavy (non-hydrogen) atoms. The van der Waals surface area contributed by atoms with Gasteiger partial charge in [0.15, 0.2) is 0 Å². The van der Waals surface area contributed by atoms with Gasteiger partial charge < -0.3 is 16.2 Å². The summed E-state index contributed by atoms with van der Waals surface area (Å²) in [5.41, 5.74) is 11.4. The highest BCUT2D eigenvalue weighted by Crippen LogP contribution is 2.12. The number of hydrogen-bond acceptors (Lipinski definition) is 3. The number of nitrogens with two attached hydrogens (primary N) is 2. The quantitative estimate of drug-likeness (QED) is 0.712. The number of carbonyl (C=O) groups is 1. The smallest absolute Gasteiger partial charge is 0.220 e. The van der Waals surface area contributed by atoms with Crippen LogP contribution in [0.25, 0.3) is 0 Å². The van der Waals surface area contributed by atoms with Crippen molar-refractivity contribution in [1.82, 2.24) is 0 Å². The number of amides is 1. The van der Waals surface area contributed by atoms with E-state index in [1.807, 2.05) is 24.3 Å². The van der Waals surface area contributed by atoms with Crippen LogP contribution in [-0.2, 0) is 11.3 Å². The Kier molecular flexibility index (Phi) is 3.94. The minimum atomic E-state index is -0.361. The van der Waals surface area contributed by atoms with Gasteiger partial charge in [0.05, 0.1) is 13.0 Å². The van der Waals surface area contributed by atoms with Crippen LogP contribution in [0.5, 0.6) is 5.75 Å². The first-order valence-corrected chi connectivity index (χ1v) is 4.42. The van der Waals surface area contributed by atoms with Crippen LogP contribution in [0.4, 0.5) is 0 Å². The van der Waals surface area contributed by atoms with Crippen molar-refractivity contribution in [3.63, 3.8) is 0 Å². The molecule has 1 aromatic carbocycles. The summed E-state index contributed by atoms with van der Waals surface area (Å²) in [5, 5.41) is 0. The maximum absolute atomic E-state index is 10.4. The minimum absolute atomic E-state index is 0.229. The topological polar surface area (TPSA) is 78.3 Å². The van der Waals surface area contributed by atoms with E-state index in [1.54, 1.807) is 0 Å². The summed E-state index contributed by atoms with van der Waals surface area (Å²) in [6.07, 6.45) is 0.229. The molecule has 0 unspecified atom stereocenters. The van der Waals surface area contributed by atoms with E-state index in [0.29, 0.717) is 18.9 Å². The molecule has 76 valence electrons. The van der Waals surface area contributed by atoms with Gasteiger partial charge in [-0.2, -0.15) is 0 Å². The fourth-order valence-electron chi connectivity index (χ4n) is 1.03. The number of primary amides is 1. The number of hydrogen-bond donors (Lipinski definition) is 2. The van der Waals surface area contributed by atoms with Crippen molar-refractivity contribution in [2.24, 2.45) is 11.5 Å². The van der Waals surface area contributed by atoms with Crippen molar-refractivity contribution in [2.75, 3.05) is 6.61 Å². The molecule has 0 aliphatic rings. The molecule has 4 N–H and O–H groups in total. The second kappa shape index (κ2) is 5.24. The molecule has 0 spiro atoms. The van der Waals surface area contributed by atoms with E-state index < -0.39 is 0 Å². The van der Waals surface area contributed by atoms with E-state index in [1.165, 1.54) is 0 Å². The maximum atomic E-state index is 10.4. The lowest BCUT2D eigenvalue weighted by atomic mass is 10.2. The third-order valence-corrected chi connectivity index (χ3v) is 1.75. The monoisotopic (exact) mass is 194 g/mol. The molecule has 0 aliphatic heterocycles. The second-order valence-corrected chi connectivity index (χ2v) is 2.92. The van der Waals surface area contributed by atoms with E-state index in [0.717, 1.165) is 5.56 Å². The van der Waals surface area contributed by atoms with Gasteiger partial charge in [-0.1, -0.05) is 12.1 Å². The van der Waals surface area contributed by atoms with Gasteiger partial charge in [-0.3, -0.25) is 4.79 Å². The Morgan fingerprint density at radius 1 is 1.43 bits per heavy atom. The second-order valence-electron chi connectivity index (χ2n) is 2.92. The predicted octanol–water partition coefficient (Wildman–Crippen LogP) is 0.399. The molecule has 4 heteroatoms. The Labute approximate surface area is 82.8 Å². The average molecular weight is 194 g/mol. The first-order valence-electron chi connectivity index (χ1n) is 4.42. The average Bonchev–Trinajstić information content (AvgIpc) is 2.18. The SMILES string of the molecule is NCc1cccc(OCCC(N)=O)c1. The van der Waals surface area contributed by atoms with Gasteiger partial charge in [0, 0.05) is 6.54 Å². The number of rotatable bonds is 5. The van der Waals surface area contributed by atoms with Crippen LogP contribution >= 0.6 is 0 Å². The summed E-state index contributed by atoms with van der Waals surface area (Å²) < 4.78 is 5.30. The number of ether oxygens (including phenoxy) is 1. The zero-order chi connectivity index (χ0) is 10.4. The Morgan fingerprint density at radius 3 is 2.86 bits per heavy atom. The van der Waals surface area contributed by atoms with E-state index >= 15 is 0 Å². The first-order chi connectivity index (χ1) is 6.72. The van der Waals surface area contributed by atoms with Gasteiger partial charge in [-0.15, -0.1) is 0 Å². The normalized spacial score (nSPS) is 9.79. The zero-order valence-electron chi connectivity index (χ0n) is 7.90. The highest BCUT2D eigenvalue weighted by Gasteiger charge is 1.97. The summed E-state index contributed by atoms with van der Waals surface area (Å²) in [6, 6.07) is 7.45. The highest BCUT2D eigenvalue weighted by atomic mass is 16.5. The number of carbonyl (C=O) groups excluding carboxylic acids is 1. The van der Waals surface area contributed by atoms with Crippen molar-refractivity contribution in [1.29, 1.82) is 0 Å². The highest BCUT2D eigenvalue weighted by molar-refractivity contribution is 5.73. The molecule has 0 fully saturated rings. The van der Waals surface area contributed by atoms with Crippen LogP contribution in [-0.4, -0.2) is 12.5 Å². The summed E-state index contributed by atoms with van der Waals surface area (Å²) in [7, 11) is 0. The molecule has 1 aromatic rings. The Balaban J connectivity index is 2.46. The van der Waals surface area contributed by atoms with Gasteiger partial charge in [0.25, 0.3) is 0 Å². The fraction of sp³-hybridized carbons (Fsp3) is 0.300. The van der Waals surface area contributed by atoms with E-state index in [2.05, 4.69) is 0 Å². The lowest BCUT2D eigenvalue weighted by Crippen LogP contribution is -2.14. The molecule has 0 heterocycles. The van der Waals surface area contributed by atoms with Crippen LogP contribution in [0.1, 0.15) is 12.0 Å². The molecule has 0 bridgehead atoms. The molecule has 0 atom stereocenters. The van der Waals surface area contributed by atoms with Crippen molar-refractivity contribution < 1.29 is 9.53 Å². The third kappa shape index (κ3) is 3.45. The lowest BCUT2D eigenvalue weighted by molar-refractivity contribution is -0.118. The molecule has 0 aliphatic carbocycles. The van der Waals surface area contributed by atoms with Crippen LogP contribution in [0, 0.1) is 0 Å². The molecule has 1 rings (SSSR count). The summed E-state index contributed by atoms with van der Waals surface area (Å²) in [4.78, 5) is 10.4. The summed E-state index contributed by atoms with van der Waals surface area (Å²) >= 11 is 0. The first kappa shape index (κ1) is 10.5. The molecule has 0 radical (unpaired) electrons. The van der Waals surface area contributed by atoms with Crippen LogP contribution < -0.4 is 16.2 Å². The molecule has 0 saturated carbocycles. The minimum Gasteiger partial charge on any atom is -0.493 e. The Hall–Kier alpha value is -1.55. The third-order valence-electron chi connectivity index (χ3n) is 1.75. The zero-order valence-corrected chi connectivity index (χ0v) is 7.90. The lowest BCUT2D eigenvalue weighted by Gasteiger charge is -2.05. The van der Waals surface area contributed by atoms with Crippen LogP contribution in [0.15, 0.2) is 24.3 Å². The molecular weight excluding hydrogens is 180 g/mol. The van der Waals surface area contributed by atoms with E-state index in [9.17, 15) is 4.79 Å². The molecule has 0 aromatic heterocycles. The van der Waals surface area contributed by atoms with E-state index in [-0.39, 0.29) is 12.3 Å². The standard InChI is InChI=1S/C10H14N2O2/c11-7-8-2-1-3-9(6-8)14-5-4-10(12)13/h1-3,6H,4-5,7,11H2,(H2,12,13).